The number of aryl methyl sites for hydroxylation is 1. The first-order valence-electron chi connectivity index (χ1n) is 11.4. The summed E-state index contributed by atoms with van der Waals surface area (Å²) in [5.41, 5.74) is 1.49. The van der Waals surface area contributed by atoms with Gasteiger partial charge in [-0.1, -0.05) is 23.8 Å². The van der Waals surface area contributed by atoms with Crippen molar-refractivity contribution in [3.63, 3.8) is 0 Å². The Hall–Kier alpha value is -3.10. The van der Waals surface area contributed by atoms with Crippen LogP contribution >= 0.6 is 0 Å². The molecule has 0 radical (unpaired) electrons. The fraction of sp³-hybridized carbons (Fsp3) is 0.480. The number of hydrogen-bond acceptors (Lipinski definition) is 4. The van der Waals surface area contributed by atoms with E-state index >= 15 is 0 Å². The Balaban J connectivity index is 2.09. The highest BCUT2D eigenvalue weighted by Gasteiger charge is 2.33. The minimum absolute atomic E-state index is 0.0186. The maximum atomic E-state index is 13.2. The van der Waals surface area contributed by atoms with Gasteiger partial charge in [-0.25, -0.2) is 0 Å². The molecule has 1 aromatic heterocycles. The summed E-state index contributed by atoms with van der Waals surface area (Å²) < 4.78 is 45.1. The number of ether oxygens (including phenoxy) is 1. The third kappa shape index (κ3) is 6.48. The summed E-state index contributed by atoms with van der Waals surface area (Å²) in [5.74, 6) is -0.535. The van der Waals surface area contributed by atoms with Crippen LogP contribution in [0.2, 0.25) is 0 Å². The molecule has 1 saturated carbocycles. The highest BCUT2D eigenvalue weighted by atomic mass is 19.4. The number of halogens is 3. The average Bonchev–Trinajstić information content (AvgIpc) is 3.58. The molecule has 184 valence electrons. The van der Waals surface area contributed by atoms with Gasteiger partial charge in [-0.2, -0.15) is 13.2 Å². The Bertz CT molecular complexity index is 1120. The van der Waals surface area contributed by atoms with Gasteiger partial charge in [0.2, 0.25) is 5.91 Å². The molecule has 1 amide bonds. The number of carbonyl (C=O) groups excluding carboxylic acids is 2. The summed E-state index contributed by atoms with van der Waals surface area (Å²) >= 11 is 0. The quantitative estimate of drug-likeness (QED) is 0.506. The maximum Gasteiger partial charge on any atom is 0.406 e. The lowest BCUT2D eigenvalue weighted by Gasteiger charge is -2.23. The zero-order chi connectivity index (χ0) is 25.0. The van der Waals surface area contributed by atoms with Crippen LogP contribution < -0.4 is 5.56 Å². The summed E-state index contributed by atoms with van der Waals surface area (Å²) in [6, 6.07) is 6.73. The van der Waals surface area contributed by atoms with Crippen molar-refractivity contribution in [3.05, 3.63) is 57.5 Å². The van der Waals surface area contributed by atoms with E-state index in [9.17, 15) is 27.6 Å². The van der Waals surface area contributed by atoms with Gasteiger partial charge in [0, 0.05) is 30.8 Å². The second kappa shape index (κ2) is 10.4. The van der Waals surface area contributed by atoms with Crippen LogP contribution in [0.1, 0.15) is 43.4 Å². The molecule has 6 nitrogen and oxygen atoms in total. The molecule has 1 aromatic carbocycles. The van der Waals surface area contributed by atoms with Gasteiger partial charge in [0.05, 0.1) is 13.0 Å². The van der Waals surface area contributed by atoms with E-state index in [0.717, 1.165) is 24.6 Å². The monoisotopic (exact) mass is 478 g/mol. The number of benzene rings is 1. The molecule has 1 fully saturated rings. The second-order valence-corrected chi connectivity index (χ2v) is 8.58. The molecule has 34 heavy (non-hydrogen) atoms. The maximum absolute atomic E-state index is 13.2. The number of nitrogens with zero attached hydrogens (tertiary/aromatic N) is 2. The number of esters is 1. The fourth-order valence-corrected chi connectivity index (χ4v) is 3.93. The number of carbonyl (C=O) groups is 2. The molecule has 0 bridgehead atoms. The lowest BCUT2D eigenvalue weighted by Crippen LogP contribution is -2.32. The molecule has 0 saturated heterocycles. The summed E-state index contributed by atoms with van der Waals surface area (Å²) in [7, 11) is 0. The smallest absolute Gasteiger partial charge is 0.406 e. The van der Waals surface area contributed by atoms with Gasteiger partial charge in [0.1, 0.15) is 6.54 Å². The number of aromatic nitrogens is 1. The molecule has 0 unspecified atom stereocenters. The minimum atomic E-state index is -4.62. The first kappa shape index (κ1) is 25.5. The SMILES string of the molecule is CCOC(=O)Cc1cc(-c2ccc(C)cc2CN(CC)C(=O)C2CC2)c(=O)n(CC(F)(F)F)c1. The number of alkyl halides is 3. The van der Waals surface area contributed by atoms with Crippen LogP contribution in [0.3, 0.4) is 0 Å². The van der Waals surface area contributed by atoms with Gasteiger partial charge < -0.3 is 14.2 Å². The molecule has 0 spiro atoms. The van der Waals surface area contributed by atoms with E-state index < -0.39 is 24.2 Å². The first-order valence-corrected chi connectivity index (χ1v) is 11.4. The van der Waals surface area contributed by atoms with Crippen LogP contribution in [0.15, 0.2) is 35.3 Å². The topological polar surface area (TPSA) is 68.6 Å². The Morgan fingerprint density at radius 3 is 2.44 bits per heavy atom. The third-order valence-corrected chi connectivity index (χ3v) is 5.68. The highest BCUT2D eigenvalue weighted by molar-refractivity contribution is 5.81. The van der Waals surface area contributed by atoms with Crippen molar-refractivity contribution in [2.24, 2.45) is 5.92 Å². The van der Waals surface area contributed by atoms with E-state index in [-0.39, 0.29) is 42.5 Å². The minimum Gasteiger partial charge on any atom is -0.466 e. The van der Waals surface area contributed by atoms with E-state index in [1.54, 1.807) is 24.0 Å². The van der Waals surface area contributed by atoms with Crippen LogP contribution in [-0.4, -0.2) is 40.7 Å². The summed E-state index contributed by atoms with van der Waals surface area (Å²) in [5, 5.41) is 0. The van der Waals surface area contributed by atoms with Gasteiger partial charge in [0.25, 0.3) is 5.56 Å². The predicted molar refractivity (Wildman–Crippen MR) is 121 cm³/mol. The van der Waals surface area contributed by atoms with Crippen molar-refractivity contribution in [1.29, 1.82) is 0 Å². The molecule has 3 rings (SSSR count). The van der Waals surface area contributed by atoms with E-state index in [1.807, 2.05) is 19.9 Å². The van der Waals surface area contributed by atoms with Crippen molar-refractivity contribution in [2.45, 2.75) is 59.3 Å². The van der Waals surface area contributed by atoms with E-state index in [4.69, 9.17) is 4.74 Å². The molecule has 0 atom stereocenters. The van der Waals surface area contributed by atoms with Gasteiger partial charge in [-0.3, -0.25) is 14.4 Å². The van der Waals surface area contributed by atoms with Crippen molar-refractivity contribution in [3.8, 4) is 11.1 Å². The lowest BCUT2D eigenvalue weighted by molar-refractivity contribution is -0.142. The van der Waals surface area contributed by atoms with Crippen molar-refractivity contribution in [1.82, 2.24) is 9.47 Å². The van der Waals surface area contributed by atoms with Gasteiger partial charge in [-0.15, -0.1) is 0 Å². The number of pyridine rings is 1. The molecule has 1 aliphatic rings. The Morgan fingerprint density at radius 2 is 1.85 bits per heavy atom. The van der Waals surface area contributed by atoms with Crippen LogP contribution in [0.4, 0.5) is 13.2 Å². The second-order valence-electron chi connectivity index (χ2n) is 8.58. The standard InChI is InChI=1S/C25H29F3N2O4/c1-4-29(23(32)18-7-8-18)14-19-10-16(3)6-9-20(19)21-11-17(12-22(31)34-5-2)13-30(24(21)33)15-25(26,27)28/h6,9-11,13,18H,4-5,7-8,12,14-15H2,1-3H3. The lowest BCUT2D eigenvalue weighted by atomic mass is 9.96. The number of hydrogen-bond donors (Lipinski definition) is 0. The third-order valence-electron chi connectivity index (χ3n) is 5.68. The molecule has 1 heterocycles. The van der Waals surface area contributed by atoms with E-state index in [1.165, 1.54) is 6.07 Å². The van der Waals surface area contributed by atoms with Gasteiger partial charge in [0.15, 0.2) is 0 Å². The first-order chi connectivity index (χ1) is 16.0. The van der Waals surface area contributed by atoms with E-state index in [2.05, 4.69) is 0 Å². The van der Waals surface area contributed by atoms with Crippen molar-refractivity contribution < 1.29 is 27.5 Å². The van der Waals surface area contributed by atoms with Crippen molar-refractivity contribution >= 4 is 11.9 Å². The van der Waals surface area contributed by atoms with Crippen LogP contribution in [-0.2, 0) is 33.8 Å². The summed E-state index contributed by atoms with van der Waals surface area (Å²) in [4.78, 5) is 39.5. The highest BCUT2D eigenvalue weighted by Crippen LogP contribution is 2.32. The van der Waals surface area contributed by atoms with Gasteiger partial charge >= 0.3 is 12.1 Å². The van der Waals surface area contributed by atoms with Gasteiger partial charge in [-0.05, 0) is 56.4 Å². The Labute approximate surface area is 196 Å². The van der Waals surface area contributed by atoms with Crippen LogP contribution in [0.5, 0.6) is 0 Å². The number of amides is 1. The molecule has 1 aliphatic carbocycles. The zero-order valence-corrected chi connectivity index (χ0v) is 19.6. The molecular weight excluding hydrogens is 449 g/mol. The molecule has 0 N–H and O–H groups in total. The summed E-state index contributed by atoms with van der Waals surface area (Å²) in [6.45, 7) is 4.75. The summed E-state index contributed by atoms with van der Waals surface area (Å²) in [6.07, 6.45) is -2.11. The normalized spacial score (nSPS) is 13.6. The molecular formula is C25H29F3N2O4. The molecule has 0 aliphatic heterocycles. The average molecular weight is 479 g/mol. The van der Waals surface area contributed by atoms with E-state index in [0.29, 0.717) is 22.2 Å². The zero-order valence-electron chi connectivity index (χ0n) is 19.6. The Morgan fingerprint density at radius 1 is 1.15 bits per heavy atom. The molecule has 2 aromatic rings. The fourth-order valence-electron chi connectivity index (χ4n) is 3.93. The molecule has 9 heteroatoms. The van der Waals surface area contributed by atoms with Crippen molar-refractivity contribution in [2.75, 3.05) is 13.2 Å². The number of rotatable bonds is 9. The predicted octanol–water partition coefficient (Wildman–Crippen LogP) is 4.25. The largest absolute Gasteiger partial charge is 0.466 e. The Kier molecular flexibility index (Phi) is 7.84. The van der Waals surface area contributed by atoms with Crippen LogP contribution in [0.25, 0.3) is 11.1 Å². The van der Waals surface area contributed by atoms with Crippen LogP contribution in [0, 0.1) is 12.8 Å².